The number of rotatable bonds is 3. The third kappa shape index (κ3) is 3.29. The van der Waals surface area contributed by atoms with E-state index in [0.717, 1.165) is 15.8 Å². The number of carbonyl (C=O) groups excluding carboxylic acids is 1. The number of fused-ring (bicyclic) bond motifs is 1. The van der Waals surface area contributed by atoms with Crippen molar-refractivity contribution in [2.45, 2.75) is 0 Å². The summed E-state index contributed by atoms with van der Waals surface area (Å²) in [6.07, 6.45) is 1.44. The fourth-order valence-electron chi connectivity index (χ4n) is 1.92. The molecule has 0 fully saturated rings. The Morgan fingerprint density at radius 2 is 2.22 bits per heavy atom. The van der Waals surface area contributed by atoms with Crippen molar-refractivity contribution < 1.29 is 14.1 Å². The summed E-state index contributed by atoms with van der Waals surface area (Å²) in [6.45, 7) is 0. The first-order chi connectivity index (χ1) is 11.1. The smallest absolute Gasteiger partial charge is 0.349 e. The maximum absolute atomic E-state index is 11.7. The van der Waals surface area contributed by atoms with Crippen LogP contribution in [0.3, 0.4) is 0 Å². The number of nitrogens with one attached hydrogen (secondary N) is 2. The molecular formula is C14H10ClN3O3S2. The van der Waals surface area contributed by atoms with Gasteiger partial charge in [0, 0.05) is 21.8 Å². The van der Waals surface area contributed by atoms with Gasteiger partial charge in [-0.2, -0.15) is 0 Å². The third-order valence-corrected chi connectivity index (χ3v) is 4.78. The second kappa shape index (κ2) is 6.53. The predicted octanol–water partition coefficient (Wildman–Crippen LogP) is 4.14. The van der Waals surface area contributed by atoms with E-state index in [1.165, 1.54) is 24.7 Å². The summed E-state index contributed by atoms with van der Waals surface area (Å²) in [5.41, 5.74) is 0.757. The lowest BCUT2D eigenvalue weighted by Crippen LogP contribution is -2.19. The van der Waals surface area contributed by atoms with Crippen LogP contribution < -0.4 is 10.6 Å². The topological polar surface area (TPSA) is 76.4 Å². The molecular weight excluding hydrogens is 358 g/mol. The Hall–Kier alpha value is -2.16. The van der Waals surface area contributed by atoms with Crippen molar-refractivity contribution in [2.75, 3.05) is 17.7 Å². The Morgan fingerprint density at radius 1 is 1.39 bits per heavy atom. The molecule has 3 aromatic rings. The number of ether oxygens (including phenoxy) is 1. The van der Waals surface area contributed by atoms with Gasteiger partial charge in [-0.1, -0.05) is 16.8 Å². The lowest BCUT2D eigenvalue weighted by molar-refractivity contribution is 0.0606. The average Bonchev–Trinajstić information content (AvgIpc) is 3.14. The minimum absolute atomic E-state index is 0.370. The van der Waals surface area contributed by atoms with Crippen LogP contribution in [0, 0.1) is 0 Å². The maximum Gasteiger partial charge on any atom is 0.349 e. The standard InChI is InChI=1S/C14H10ClN3O3S2/c1-20-13(19)12-11(15)8-3-2-7(6-9(8)23-12)16-14(22)17-10-4-5-21-18-10/h2-6H,1H3,(H2,16,17,18,22). The van der Waals surface area contributed by atoms with Crippen molar-refractivity contribution in [3.63, 3.8) is 0 Å². The van der Waals surface area contributed by atoms with Crippen molar-refractivity contribution in [3.8, 4) is 0 Å². The molecule has 0 saturated carbocycles. The van der Waals surface area contributed by atoms with Crippen LogP contribution in [0.2, 0.25) is 5.02 Å². The van der Waals surface area contributed by atoms with Crippen molar-refractivity contribution in [3.05, 3.63) is 40.4 Å². The van der Waals surface area contributed by atoms with Crippen LogP contribution >= 0.6 is 35.2 Å². The highest BCUT2D eigenvalue weighted by Crippen LogP contribution is 2.37. The van der Waals surface area contributed by atoms with Gasteiger partial charge < -0.3 is 19.9 Å². The second-order valence-corrected chi connectivity index (χ2v) is 6.25. The molecule has 2 aromatic heterocycles. The normalized spacial score (nSPS) is 10.5. The summed E-state index contributed by atoms with van der Waals surface area (Å²) in [6, 6.07) is 7.15. The summed E-state index contributed by atoms with van der Waals surface area (Å²) in [5, 5.41) is 11.2. The van der Waals surface area contributed by atoms with Gasteiger partial charge in [-0.05, 0) is 30.4 Å². The van der Waals surface area contributed by atoms with E-state index in [2.05, 4.69) is 15.8 Å². The Kier molecular flexibility index (Phi) is 4.46. The van der Waals surface area contributed by atoms with Crippen molar-refractivity contribution in [1.29, 1.82) is 0 Å². The van der Waals surface area contributed by atoms with E-state index in [1.54, 1.807) is 6.07 Å². The number of hydrogen-bond acceptors (Lipinski definition) is 6. The number of carbonyl (C=O) groups is 1. The van der Waals surface area contributed by atoms with Crippen molar-refractivity contribution in [1.82, 2.24) is 5.16 Å². The molecule has 9 heteroatoms. The fourth-order valence-corrected chi connectivity index (χ4v) is 3.61. The summed E-state index contributed by atoms with van der Waals surface area (Å²) in [5.74, 6) is 0.0599. The maximum atomic E-state index is 11.7. The van der Waals surface area contributed by atoms with E-state index in [0.29, 0.717) is 20.8 Å². The largest absolute Gasteiger partial charge is 0.465 e. The van der Waals surface area contributed by atoms with E-state index in [-0.39, 0.29) is 0 Å². The molecule has 0 aliphatic rings. The van der Waals surface area contributed by atoms with Gasteiger partial charge in [0.1, 0.15) is 11.1 Å². The quantitative estimate of drug-likeness (QED) is 0.532. The molecule has 0 spiro atoms. The molecule has 23 heavy (non-hydrogen) atoms. The molecule has 0 aliphatic carbocycles. The van der Waals surface area contributed by atoms with Crippen molar-refractivity contribution >= 4 is 67.8 Å². The minimum atomic E-state index is -0.450. The monoisotopic (exact) mass is 367 g/mol. The van der Waals surface area contributed by atoms with Crippen LogP contribution in [-0.2, 0) is 4.74 Å². The number of hydrogen-bond donors (Lipinski definition) is 2. The number of nitrogens with zero attached hydrogens (tertiary/aromatic N) is 1. The van der Waals surface area contributed by atoms with E-state index >= 15 is 0 Å². The Morgan fingerprint density at radius 3 is 2.91 bits per heavy atom. The van der Waals surface area contributed by atoms with Gasteiger partial charge in [-0.3, -0.25) is 0 Å². The molecule has 0 aliphatic heterocycles. The molecule has 0 amide bonds. The van der Waals surface area contributed by atoms with Gasteiger partial charge in [0.05, 0.1) is 12.1 Å². The van der Waals surface area contributed by atoms with E-state index in [4.69, 9.17) is 33.1 Å². The van der Waals surface area contributed by atoms with Crippen LogP contribution in [0.1, 0.15) is 9.67 Å². The SMILES string of the molecule is COC(=O)c1sc2cc(NC(=S)Nc3ccon3)ccc2c1Cl. The Labute approximate surface area is 145 Å². The van der Waals surface area contributed by atoms with Crippen LogP contribution in [0.4, 0.5) is 11.5 Å². The van der Waals surface area contributed by atoms with E-state index in [9.17, 15) is 4.79 Å². The van der Waals surface area contributed by atoms with E-state index < -0.39 is 5.97 Å². The number of thiocarbonyl (C=S) groups is 1. The number of thiophene rings is 1. The molecule has 0 radical (unpaired) electrons. The number of halogens is 1. The van der Waals surface area contributed by atoms with Crippen LogP contribution in [0.5, 0.6) is 0 Å². The molecule has 2 heterocycles. The van der Waals surface area contributed by atoms with Gasteiger partial charge in [-0.15, -0.1) is 11.3 Å². The van der Waals surface area contributed by atoms with Gasteiger partial charge >= 0.3 is 5.97 Å². The number of esters is 1. The van der Waals surface area contributed by atoms with Crippen LogP contribution in [0.25, 0.3) is 10.1 Å². The van der Waals surface area contributed by atoms with Gasteiger partial charge in [0.15, 0.2) is 10.9 Å². The third-order valence-electron chi connectivity index (χ3n) is 2.94. The molecule has 0 bridgehead atoms. The summed E-state index contributed by atoms with van der Waals surface area (Å²) >= 11 is 12.7. The second-order valence-electron chi connectivity index (χ2n) is 4.41. The highest BCUT2D eigenvalue weighted by atomic mass is 35.5. The lowest BCUT2D eigenvalue weighted by atomic mass is 10.2. The number of benzene rings is 1. The number of methoxy groups -OCH3 is 1. The first-order valence-electron chi connectivity index (χ1n) is 6.37. The van der Waals surface area contributed by atoms with Gasteiger partial charge in [0.25, 0.3) is 0 Å². The zero-order valence-corrected chi connectivity index (χ0v) is 14.1. The zero-order chi connectivity index (χ0) is 16.4. The van der Waals surface area contributed by atoms with Gasteiger partial charge in [0.2, 0.25) is 0 Å². The molecule has 0 saturated heterocycles. The van der Waals surface area contributed by atoms with E-state index in [1.807, 2.05) is 18.2 Å². The number of anilines is 2. The highest BCUT2D eigenvalue weighted by molar-refractivity contribution is 7.80. The van der Waals surface area contributed by atoms with Crippen LogP contribution in [0.15, 0.2) is 35.1 Å². The first kappa shape index (κ1) is 15.7. The molecule has 6 nitrogen and oxygen atoms in total. The fraction of sp³-hybridized carbons (Fsp3) is 0.0714. The predicted molar refractivity (Wildman–Crippen MR) is 94.5 cm³/mol. The average molecular weight is 368 g/mol. The summed E-state index contributed by atoms with van der Waals surface area (Å²) in [7, 11) is 1.32. The minimum Gasteiger partial charge on any atom is -0.465 e. The zero-order valence-electron chi connectivity index (χ0n) is 11.8. The Bertz CT molecular complexity index is 877. The van der Waals surface area contributed by atoms with Crippen molar-refractivity contribution in [2.24, 2.45) is 0 Å². The molecule has 0 unspecified atom stereocenters. The first-order valence-corrected chi connectivity index (χ1v) is 7.97. The molecule has 1 aromatic carbocycles. The lowest BCUT2D eigenvalue weighted by Gasteiger charge is -2.08. The molecule has 118 valence electrons. The molecule has 3 rings (SSSR count). The molecule has 2 N–H and O–H groups in total. The summed E-state index contributed by atoms with van der Waals surface area (Å²) < 4.78 is 10.3. The summed E-state index contributed by atoms with van der Waals surface area (Å²) in [4.78, 5) is 12.1. The molecule has 0 atom stereocenters. The highest BCUT2D eigenvalue weighted by Gasteiger charge is 2.17. The Balaban J connectivity index is 1.82. The van der Waals surface area contributed by atoms with Crippen LogP contribution in [-0.4, -0.2) is 23.3 Å². The number of aromatic nitrogens is 1. The van der Waals surface area contributed by atoms with Gasteiger partial charge in [-0.25, -0.2) is 4.79 Å².